The highest BCUT2D eigenvalue weighted by Gasteiger charge is 1.86. The molecule has 1 radical (unpaired) electrons. The molecule has 1 N–H and O–H groups in total. The minimum atomic E-state index is -0.167. The van der Waals surface area contributed by atoms with Crippen LogP contribution in [0.2, 0.25) is 0 Å². The van der Waals surface area contributed by atoms with Gasteiger partial charge >= 0.3 is 0 Å². The van der Waals surface area contributed by atoms with E-state index >= 15 is 0 Å². The number of benzene rings is 1. The minimum absolute atomic E-state index is 0.167. The van der Waals surface area contributed by atoms with Gasteiger partial charge in [-0.2, -0.15) is 0 Å². The van der Waals surface area contributed by atoms with E-state index in [0.29, 0.717) is 5.75 Å². The topological polar surface area (TPSA) is 40.1 Å². The maximum Gasteiger partial charge on any atom is 0.118 e. The molecular weight excluding hydrogens is 152 g/mol. The molecule has 1 aromatic rings. The Kier molecular flexibility index (Phi) is 5.75. The zero-order valence-electron chi connectivity index (χ0n) is 7.16. The quantitative estimate of drug-likeness (QED) is 0.637. The van der Waals surface area contributed by atoms with Gasteiger partial charge in [0.1, 0.15) is 12.4 Å². The van der Waals surface area contributed by atoms with E-state index in [2.05, 4.69) is 6.58 Å². The van der Waals surface area contributed by atoms with Crippen LogP contribution in [0.25, 0.3) is 0 Å². The molecule has 0 aliphatic rings. The summed E-state index contributed by atoms with van der Waals surface area (Å²) in [5.74, 6) is 0.368. The summed E-state index contributed by atoms with van der Waals surface area (Å²) in [7, 11) is 0. The zero-order valence-corrected chi connectivity index (χ0v) is 7.16. The molecule has 0 bridgehead atoms. The van der Waals surface area contributed by atoms with Crippen LogP contribution in [-0.2, 0) is 5.11 Å². The molecule has 1 aromatic carbocycles. The van der Waals surface area contributed by atoms with Crippen molar-refractivity contribution in [1.82, 2.24) is 0 Å². The Morgan fingerprint density at radius 1 is 1.50 bits per heavy atom. The van der Waals surface area contributed by atoms with Crippen LogP contribution < -0.4 is 0 Å². The number of hydrogen-bond acceptors (Lipinski definition) is 1. The summed E-state index contributed by atoms with van der Waals surface area (Å²) in [6.45, 7) is 4.87. The maximum atomic E-state index is 9.18. The fraction of sp³-hybridized carbons (Fsp3) is 0.200. The van der Waals surface area contributed by atoms with Crippen molar-refractivity contribution in [3.05, 3.63) is 42.5 Å². The van der Waals surface area contributed by atoms with Gasteiger partial charge in [-0.25, -0.2) is 5.11 Å². The van der Waals surface area contributed by atoms with Crippen molar-refractivity contribution in [2.75, 3.05) is 6.61 Å². The fourth-order valence-corrected chi connectivity index (χ4v) is 0.563. The van der Waals surface area contributed by atoms with Gasteiger partial charge in [0.05, 0.1) is 0 Å². The van der Waals surface area contributed by atoms with Crippen LogP contribution in [0.5, 0.6) is 5.75 Å². The Labute approximate surface area is 72.8 Å². The molecule has 0 aliphatic carbocycles. The standard InChI is InChI=1S/C7H8O.C3H5O/c1-6-4-2-3-5-7(6)8;1-2-3-4/h2-5,8H,1H3;2H,1,3H2. The van der Waals surface area contributed by atoms with E-state index in [9.17, 15) is 5.11 Å². The van der Waals surface area contributed by atoms with E-state index in [0.717, 1.165) is 5.56 Å². The molecule has 0 aliphatic heterocycles. The van der Waals surface area contributed by atoms with Crippen LogP contribution >= 0.6 is 0 Å². The number of aromatic hydroxyl groups is 1. The molecule has 0 heterocycles. The van der Waals surface area contributed by atoms with E-state index in [1.165, 1.54) is 6.08 Å². The first-order valence-electron chi connectivity index (χ1n) is 3.66. The van der Waals surface area contributed by atoms with Crippen LogP contribution in [0, 0.1) is 6.92 Å². The first-order valence-corrected chi connectivity index (χ1v) is 3.66. The molecule has 0 saturated heterocycles. The molecule has 1 rings (SSSR count). The summed E-state index contributed by atoms with van der Waals surface area (Å²) >= 11 is 0. The minimum Gasteiger partial charge on any atom is -0.508 e. The molecule has 0 atom stereocenters. The Bertz CT molecular complexity index is 210. The summed E-state index contributed by atoms with van der Waals surface area (Å²) in [5.41, 5.74) is 0.924. The van der Waals surface area contributed by atoms with Gasteiger partial charge in [-0.15, -0.1) is 6.58 Å². The molecule has 0 spiro atoms. The third-order valence-corrected chi connectivity index (χ3v) is 1.23. The second-order valence-corrected chi connectivity index (χ2v) is 2.24. The van der Waals surface area contributed by atoms with E-state index in [1.54, 1.807) is 6.07 Å². The van der Waals surface area contributed by atoms with Gasteiger partial charge in [0.2, 0.25) is 0 Å². The van der Waals surface area contributed by atoms with Crippen LogP contribution in [-0.4, -0.2) is 11.7 Å². The average Bonchev–Trinajstić information content (AvgIpc) is 2.11. The molecule has 2 heteroatoms. The summed E-state index contributed by atoms with van der Waals surface area (Å²) in [4.78, 5) is 0. The predicted molar refractivity (Wildman–Crippen MR) is 48.6 cm³/mol. The summed E-state index contributed by atoms with van der Waals surface area (Å²) < 4.78 is 0. The van der Waals surface area contributed by atoms with E-state index in [1.807, 2.05) is 25.1 Å². The van der Waals surface area contributed by atoms with Gasteiger partial charge in [0.15, 0.2) is 0 Å². The summed E-state index contributed by atoms with van der Waals surface area (Å²) in [6.07, 6.45) is 1.32. The Balaban J connectivity index is 0.000000261. The largest absolute Gasteiger partial charge is 0.508 e. The van der Waals surface area contributed by atoms with Crippen molar-refractivity contribution < 1.29 is 10.2 Å². The number of aryl methyl sites for hydroxylation is 1. The van der Waals surface area contributed by atoms with Gasteiger partial charge < -0.3 is 5.11 Å². The second kappa shape index (κ2) is 6.43. The lowest BCUT2D eigenvalue weighted by molar-refractivity contribution is 0.232. The molecule has 0 amide bonds. The SMILES string of the molecule is C=CC[O].Cc1ccccc1O. The van der Waals surface area contributed by atoms with Gasteiger partial charge in [0, 0.05) is 0 Å². The van der Waals surface area contributed by atoms with Gasteiger partial charge in [-0.05, 0) is 18.6 Å². The zero-order chi connectivity index (χ0) is 9.40. The van der Waals surface area contributed by atoms with Crippen molar-refractivity contribution in [2.45, 2.75) is 6.92 Å². The van der Waals surface area contributed by atoms with Crippen LogP contribution in [0.3, 0.4) is 0 Å². The molecule has 0 fully saturated rings. The lowest BCUT2D eigenvalue weighted by Crippen LogP contribution is -1.68. The fourth-order valence-electron chi connectivity index (χ4n) is 0.563. The van der Waals surface area contributed by atoms with Crippen LogP contribution in [0.15, 0.2) is 36.9 Å². The van der Waals surface area contributed by atoms with Crippen molar-refractivity contribution in [3.8, 4) is 5.75 Å². The number of phenolic OH excluding ortho intramolecular Hbond substituents is 1. The normalized spacial score (nSPS) is 8.17. The van der Waals surface area contributed by atoms with Crippen LogP contribution in [0.4, 0.5) is 0 Å². The lowest BCUT2D eigenvalue weighted by atomic mass is 10.2. The number of phenols is 1. The average molecular weight is 165 g/mol. The smallest absolute Gasteiger partial charge is 0.118 e. The highest BCUT2D eigenvalue weighted by Crippen LogP contribution is 2.12. The number of para-hydroxylation sites is 1. The molecule has 65 valence electrons. The van der Waals surface area contributed by atoms with E-state index < -0.39 is 0 Å². The van der Waals surface area contributed by atoms with Gasteiger partial charge in [0.25, 0.3) is 0 Å². The lowest BCUT2D eigenvalue weighted by Gasteiger charge is -1.92. The van der Waals surface area contributed by atoms with Gasteiger partial charge in [-0.1, -0.05) is 24.3 Å². The third kappa shape index (κ3) is 4.52. The molecule has 2 nitrogen and oxygen atoms in total. The first kappa shape index (κ1) is 10.7. The van der Waals surface area contributed by atoms with E-state index in [-0.39, 0.29) is 6.61 Å². The molecule has 12 heavy (non-hydrogen) atoms. The first-order chi connectivity index (χ1) is 5.72. The number of rotatable bonds is 1. The third-order valence-electron chi connectivity index (χ3n) is 1.23. The van der Waals surface area contributed by atoms with Crippen molar-refractivity contribution >= 4 is 0 Å². The van der Waals surface area contributed by atoms with Crippen molar-refractivity contribution in [3.63, 3.8) is 0 Å². The van der Waals surface area contributed by atoms with Gasteiger partial charge in [-0.3, -0.25) is 0 Å². The highest BCUT2D eigenvalue weighted by molar-refractivity contribution is 5.29. The summed E-state index contributed by atoms with van der Waals surface area (Å²) in [5, 5.41) is 18.1. The molecule has 0 saturated carbocycles. The van der Waals surface area contributed by atoms with Crippen LogP contribution in [0.1, 0.15) is 5.56 Å². The molecule has 0 aromatic heterocycles. The predicted octanol–water partition coefficient (Wildman–Crippen LogP) is 2.30. The summed E-state index contributed by atoms with van der Waals surface area (Å²) in [6, 6.07) is 7.25. The maximum absolute atomic E-state index is 9.18. The Morgan fingerprint density at radius 3 is 2.25 bits per heavy atom. The molecular formula is C10H13O2. The van der Waals surface area contributed by atoms with Crippen molar-refractivity contribution in [2.24, 2.45) is 0 Å². The number of hydrogen-bond donors (Lipinski definition) is 1. The highest BCUT2D eigenvalue weighted by atomic mass is 16.3. The monoisotopic (exact) mass is 165 g/mol. The van der Waals surface area contributed by atoms with E-state index in [4.69, 9.17) is 5.11 Å². The second-order valence-electron chi connectivity index (χ2n) is 2.24. The Hall–Kier alpha value is -1.28. The van der Waals surface area contributed by atoms with Crippen molar-refractivity contribution in [1.29, 1.82) is 0 Å². The Morgan fingerprint density at radius 2 is 2.00 bits per heavy atom. The molecule has 0 unspecified atom stereocenters.